The van der Waals surface area contributed by atoms with E-state index in [9.17, 15) is 4.79 Å². The molecule has 1 unspecified atom stereocenters. The summed E-state index contributed by atoms with van der Waals surface area (Å²) in [7, 11) is 0. The lowest BCUT2D eigenvalue weighted by atomic mass is 10.00. The number of pyridine rings is 1. The standard InChI is InChI=1S/C22H22N2O3/c1-2-26-19-10-6-7-11-20(19)27-16-21(25)24-22(17-8-4-3-5-9-17)18-12-14-23-15-13-18/h3-15,22H,2,16H2,1H3,(H,24,25). The summed E-state index contributed by atoms with van der Waals surface area (Å²) in [5, 5.41) is 3.04. The minimum atomic E-state index is -0.271. The molecule has 5 heteroatoms. The van der Waals surface area contributed by atoms with Crippen LogP contribution in [-0.4, -0.2) is 24.1 Å². The van der Waals surface area contributed by atoms with Gasteiger partial charge in [-0.3, -0.25) is 9.78 Å². The summed E-state index contributed by atoms with van der Waals surface area (Å²) in [6.45, 7) is 2.34. The molecule has 1 N–H and O–H groups in total. The summed E-state index contributed by atoms with van der Waals surface area (Å²) >= 11 is 0. The van der Waals surface area contributed by atoms with Crippen LogP contribution in [0, 0.1) is 0 Å². The first-order valence-electron chi connectivity index (χ1n) is 8.86. The van der Waals surface area contributed by atoms with Crippen LogP contribution < -0.4 is 14.8 Å². The summed E-state index contributed by atoms with van der Waals surface area (Å²) in [6.07, 6.45) is 3.43. The zero-order valence-corrected chi connectivity index (χ0v) is 15.2. The maximum atomic E-state index is 12.6. The highest BCUT2D eigenvalue weighted by molar-refractivity contribution is 5.78. The van der Waals surface area contributed by atoms with E-state index in [0.29, 0.717) is 18.1 Å². The number of hydrogen-bond acceptors (Lipinski definition) is 4. The molecule has 0 spiro atoms. The maximum absolute atomic E-state index is 12.6. The van der Waals surface area contributed by atoms with Crippen molar-refractivity contribution in [3.05, 3.63) is 90.3 Å². The van der Waals surface area contributed by atoms with E-state index in [1.807, 2.05) is 67.6 Å². The predicted octanol–water partition coefficient (Wildman–Crippen LogP) is 3.76. The van der Waals surface area contributed by atoms with Gasteiger partial charge in [-0.05, 0) is 42.3 Å². The van der Waals surface area contributed by atoms with Crippen LogP contribution in [0.1, 0.15) is 24.1 Å². The van der Waals surface area contributed by atoms with Crippen molar-refractivity contribution >= 4 is 5.91 Å². The van der Waals surface area contributed by atoms with Crippen molar-refractivity contribution in [1.82, 2.24) is 10.3 Å². The largest absolute Gasteiger partial charge is 0.490 e. The van der Waals surface area contributed by atoms with Gasteiger partial charge in [0.25, 0.3) is 5.91 Å². The van der Waals surface area contributed by atoms with E-state index < -0.39 is 0 Å². The Bertz CT molecular complexity index is 814. The van der Waals surface area contributed by atoms with Crippen molar-refractivity contribution < 1.29 is 14.3 Å². The number of aromatic nitrogens is 1. The first-order chi connectivity index (χ1) is 13.3. The van der Waals surface area contributed by atoms with E-state index in [4.69, 9.17) is 9.47 Å². The van der Waals surface area contributed by atoms with Gasteiger partial charge < -0.3 is 14.8 Å². The highest BCUT2D eigenvalue weighted by atomic mass is 16.5. The fourth-order valence-corrected chi connectivity index (χ4v) is 2.75. The molecule has 27 heavy (non-hydrogen) atoms. The van der Waals surface area contributed by atoms with Gasteiger partial charge in [0.2, 0.25) is 0 Å². The van der Waals surface area contributed by atoms with E-state index in [1.54, 1.807) is 18.5 Å². The summed E-state index contributed by atoms with van der Waals surface area (Å²) < 4.78 is 11.2. The number of amides is 1. The Morgan fingerprint density at radius 1 is 0.889 bits per heavy atom. The van der Waals surface area contributed by atoms with Crippen molar-refractivity contribution in [2.75, 3.05) is 13.2 Å². The molecule has 5 nitrogen and oxygen atoms in total. The second-order valence-corrected chi connectivity index (χ2v) is 5.86. The summed E-state index contributed by atoms with van der Waals surface area (Å²) in [4.78, 5) is 16.6. The molecule has 0 bridgehead atoms. The Hall–Kier alpha value is -3.34. The number of nitrogens with one attached hydrogen (secondary N) is 1. The monoisotopic (exact) mass is 362 g/mol. The minimum absolute atomic E-state index is 0.0987. The quantitative estimate of drug-likeness (QED) is 0.663. The van der Waals surface area contributed by atoms with Crippen molar-refractivity contribution in [2.24, 2.45) is 0 Å². The number of benzene rings is 2. The number of nitrogens with zero attached hydrogens (tertiary/aromatic N) is 1. The number of carbonyl (C=O) groups excluding carboxylic acids is 1. The van der Waals surface area contributed by atoms with E-state index in [1.165, 1.54) is 0 Å². The Labute approximate surface area is 159 Å². The fraction of sp³-hybridized carbons (Fsp3) is 0.182. The third-order valence-electron chi connectivity index (χ3n) is 3.99. The molecule has 3 aromatic rings. The third kappa shape index (κ3) is 5.07. The fourth-order valence-electron chi connectivity index (χ4n) is 2.75. The van der Waals surface area contributed by atoms with Gasteiger partial charge in [-0.1, -0.05) is 42.5 Å². The van der Waals surface area contributed by atoms with E-state index in [-0.39, 0.29) is 18.6 Å². The van der Waals surface area contributed by atoms with Gasteiger partial charge in [0.05, 0.1) is 12.6 Å². The topological polar surface area (TPSA) is 60.5 Å². The van der Waals surface area contributed by atoms with E-state index >= 15 is 0 Å². The number of rotatable bonds is 8. The zero-order chi connectivity index (χ0) is 18.9. The average molecular weight is 362 g/mol. The Morgan fingerprint density at radius 2 is 1.48 bits per heavy atom. The smallest absolute Gasteiger partial charge is 0.258 e. The minimum Gasteiger partial charge on any atom is -0.490 e. The lowest BCUT2D eigenvalue weighted by Crippen LogP contribution is -2.33. The molecule has 0 aliphatic heterocycles. The lowest BCUT2D eigenvalue weighted by molar-refractivity contribution is -0.123. The van der Waals surface area contributed by atoms with Crippen LogP contribution >= 0.6 is 0 Å². The maximum Gasteiger partial charge on any atom is 0.258 e. The predicted molar refractivity (Wildman–Crippen MR) is 104 cm³/mol. The van der Waals surface area contributed by atoms with Crippen LogP contribution in [0.4, 0.5) is 0 Å². The van der Waals surface area contributed by atoms with Crippen molar-refractivity contribution in [3.63, 3.8) is 0 Å². The molecular formula is C22H22N2O3. The number of hydrogen-bond donors (Lipinski definition) is 1. The second-order valence-electron chi connectivity index (χ2n) is 5.86. The van der Waals surface area contributed by atoms with Gasteiger partial charge in [-0.2, -0.15) is 0 Å². The third-order valence-corrected chi connectivity index (χ3v) is 3.99. The first-order valence-corrected chi connectivity index (χ1v) is 8.86. The van der Waals surface area contributed by atoms with E-state index in [2.05, 4.69) is 10.3 Å². The zero-order valence-electron chi connectivity index (χ0n) is 15.2. The molecule has 1 aromatic heterocycles. The van der Waals surface area contributed by atoms with Gasteiger partial charge >= 0.3 is 0 Å². The van der Waals surface area contributed by atoms with Crippen LogP contribution in [-0.2, 0) is 4.79 Å². The summed E-state index contributed by atoms with van der Waals surface area (Å²) in [5.41, 5.74) is 1.95. The molecular weight excluding hydrogens is 340 g/mol. The average Bonchev–Trinajstić information content (AvgIpc) is 2.73. The molecule has 0 saturated carbocycles. The van der Waals surface area contributed by atoms with Gasteiger partial charge in [0.15, 0.2) is 18.1 Å². The molecule has 1 heterocycles. The highest BCUT2D eigenvalue weighted by Gasteiger charge is 2.17. The molecule has 1 atom stereocenters. The number of carbonyl (C=O) groups is 1. The molecule has 2 aromatic carbocycles. The number of para-hydroxylation sites is 2. The van der Waals surface area contributed by atoms with Crippen LogP contribution in [0.15, 0.2) is 79.1 Å². The summed E-state index contributed by atoms with van der Waals surface area (Å²) in [6, 6.07) is 20.6. The first kappa shape index (κ1) is 18.5. The van der Waals surface area contributed by atoms with Gasteiger partial charge in [0.1, 0.15) is 0 Å². The van der Waals surface area contributed by atoms with Crippen LogP contribution in [0.5, 0.6) is 11.5 Å². The van der Waals surface area contributed by atoms with Crippen molar-refractivity contribution in [1.29, 1.82) is 0 Å². The van der Waals surface area contributed by atoms with Gasteiger partial charge in [0, 0.05) is 12.4 Å². The number of ether oxygens (including phenoxy) is 2. The Morgan fingerprint density at radius 3 is 2.15 bits per heavy atom. The normalized spacial score (nSPS) is 11.4. The highest BCUT2D eigenvalue weighted by Crippen LogP contribution is 2.26. The molecule has 1 amide bonds. The van der Waals surface area contributed by atoms with Gasteiger partial charge in [-0.15, -0.1) is 0 Å². The van der Waals surface area contributed by atoms with Crippen LogP contribution in [0.2, 0.25) is 0 Å². The SMILES string of the molecule is CCOc1ccccc1OCC(=O)NC(c1ccccc1)c1ccncc1. The van der Waals surface area contributed by atoms with Crippen molar-refractivity contribution in [2.45, 2.75) is 13.0 Å². The summed E-state index contributed by atoms with van der Waals surface area (Å²) in [5.74, 6) is 0.961. The molecule has 138 valence electrons. The van der Waals surface area contributed by atoms with Crippen LogP contribution in [0.3, 0.4) is 0 Å². The molecule has 3 rings (SSSR count). The molecule has 0 aliphatic carbocycles. The van der Waals surface area contributed by atoms with E-state index in [0.717, 1.165) is 11.1 Å². The van der Waals surface area contributed by atoms with Crippen LogP contribution in [0.25, 0.3) is 0 Å². The molecule has 0 radical (unpaired) electrons. The Balaban J connectivity index is 1.70. The molecule has 0 fully saturated rings. The molecule has 0 saturated heterocycles. The lowest BCUT2D eigenvalue weighted by Gasteiger charge is -2.20. The van der Waals surface area contributed by atoms with Crippen molar-refractivity contribution in [3.8, 4) is 11.5 Å². The molecule has 0 aliphatic rings. The van der Waals surface area contributed by atoms with Gasteiger partial charge in [-0.25, -0.2) is 0 Å². The second kappa shape index (κ2) is 9.38. The Kier molecular flexibility index (Phi) is 6.41.